The van der Waals surface area contributed by atoms with Gasteiger partial charge in [-0.05, 0) is 38.1 Å². The largest absolute Gasteiger partial charge is 0.301 e. The summed E-state index contributed by atoms with van der Waals surface area (Å²) in [5.74, 6) is 0. The van der Waals surface area contributed by atoms with Crippen LogP contribution in [0.4, 0.5) is 0 Å². The molecule has 0 saturated heterocycles. The van der Waals surface area contributed by atoms with E-state index in [2.05, 4.69) is 12.1 Å². The summed E-state index contributed by atoms with van der Waals surface area (Å²) >= 11 is 0. The number of fused-ring (bicyclic) bond motifs is 1. The van der Waals surface area contributed by atoms with Gasteiger partial charge in [0.05, 0.1) is 5.54 Å². The molecule has 0 heterocycles. The lowest BCUT2D eigenvalue weighted by Gasteiger charge is -2.30. The van der Waals surface area contributed by atoms with Crippen LogP contribution in [-0.2, 0) is 17.6 Å². The Morgan fingerprint density at radius 2 is 1.71 bits per heavy atom. The third kappa shape index (κ3) is 1.26. The van der Waals surface area contributed by atoms with Crippen LogP contribution in [0.3, 0.4) is 0 Å². The Bertz CT molecular complexity index is 332. The van der Waals surface area contributed by atoms with Gasteiger partial charge in [0, 0.05) is 0 Å². The Kier molecular flexibility index (Phi) is 2.16. The van der Waals surface area contributed by atoms with Crippen LogP contribution in [0.25, 0.3) is 0 Å². The van der Waals surface area contributed by atoms with Crippen molar-refractivity contribution in [2.75, 3.05) is 14.1 Å². The summed E-state index contributed by atoms with van der Waals surface area (Å²) in [6.45, 7) is 0. The van der Waals surface area contributed by atoms with E-state index < -0.39 is 0 Å². The first-order valence-corrected chi connectivity index (χ1v) is 4.88. The Morgan fingerprint density at radius 3 is 2.07 bits per heavy atom. The molecule has 2 nitrogen and oxygen atoms in total. The number of hydrogen-bond acceptors (Lipinski definition) is 2. The SMILES string of the molecule is CN(C)C1(C=O)Cc2ccccc2C1. The summed E-state index contributed by atoms with van der Waals surface area (Å²) in [6, 6.07) is 8.30. The number of rotatable bonds is 2. The molecule has 2 heteroatoms. The Morgan fingerprint density at radius 1 is 1.21 bits per heavy atom. The van der Waals surface area contributed by atoms with E-state index in [-0.39, 0.29) is 5.54 Å². The molecule has 0 unspecified atom stereocenters. The van der Waals surface area contributed by atoms with E-state index in [4.69, 9.17) is 0 Å². The summed E-state index contributed by atoms with van der Waals surface area (Å²) in [7, 11) is 3.94. The van der Waals surface area contributed by atoms with Crippen LogP contribution in [0.2, 0.25) is 0 Å². The Balaban J connectivity index is 2.37. The minimum absolute atomic E-state index is 0.302. The van der Waals surface area contributed by atoms with Crippen LogP contribution in [0.1, 0.15) is 11.1 Å². The van der Waals surface area contributed by atoms with Crippen LogP contribution in [0.5, 0.6) is 0 Å². The van der Waals surface area contributed by atoms with Crippen LogP contribution in [-0.4, -0.2) is 30.8 Å². The van der Waals surface area contributed by atoms with Crippen molar-refractivity contribution >= 4 is 6.29 Å². The maximum absolute atomic E-state index is 11.2. The highest BCUT2D eigenvalue weighted by molar-refractivity contribution is 5.68. The topological polar surface area (TPSA) is 20.3 Å². The highest BCUT2D eigenvalue weighted by Crippen LogP contribution is 2.31. The Labute approximate surface area is 84.5 Å². The van der Waals surface area contributed by atoms with E-state index in [9.17, 15) is 4.79 Å². The van der Waals surface area contributed by atoms with Crippen LogP contribution in [0.15, 0.2) is 24.3 Å². The van der Waals surface area contributed by atoms with Gasteiger partial charge in [-0.2, -0.15) is 0 Å². The quantitative estimate of drug-likeness (QED) is 0.653. The molecule has 0 bridgehead atoms. The number of carbonyl (C=O) groups excluding carboxylic acids is 1. The van der Waals surface area contributed by atoms with Gasteiger partial charge in [0.1, 0.15) is 6.29 Å². The lowest BCUT2D eigenvalue weighted by molar-refractivity contribution is -0.116. The van der Waals surface area contributed by atoms with Crippen molar-refractivity contribution in [2.24, 2.45) is 0 Å². The minimum Gasteiger partial charge on any atom is -0.301 e. The van der Waals surface area contributed by atoms with Crippen LogP contribution < -0.4 is 0 Å². The normalized spacial score (nSPS) is 18.2. The molecule has 1 aromatic carbocycles. The molecule has 74 valence electrons. The molecule has 0 spiro atoms. The number of benzene rings is 1. The standard InChI is InChI=1S/C12H15NO/c1-13(2)12(9-14)7-10-5-3-4-6-11(10)8-12/h3-6,9H,7-8H2,1-2H3. The van der Waals surface area contributed by atoms with Gasteiger partial charge in [-0.3, -0.25) is 4.90 Å². The second-order valence-corrected chi connectivity index (χ2v) is 4.24. The molecule has 14 heavy (non-hydrogen) atoms. The summed E-state index contributed by atoms with van der Waals surface area (Å²) in [5, 5.41) is 0. The number of nitrogens with zero attached hydrogens (tertiary/aromatic N) is 1. The number of aldehydes is 1. The fourth-order valence-corrected chi connectivity index (χ4v) is 2.13. The van der Waals surface area contributed by atoms with Crippen molar-refractivity contribution in [3.63, 3.8) is 0 Å². The lowest BCUT2D eigenvalue weighted by Crippen LogP contribution is -2.46. The van der Waals surface area contributed by atoms with Crippen molar-refractivity contribution in [1.82, 2.24) is 4.90 Å². The van der Waals surface area contributed by atoms with Crippen LogP contribution >= 0.6 is 0 Å². The first-order valence-electron chi connectivity index (χ1n) is 4.88. The number of hydrogen-bond donors (Lipinski definition) is 0. The van der Waals surface area contributed by atoms with Crippen molar-refractivity contribution < 1.29 is 4.79 Å². The molecule has 0 aromatic heterocycles. The van der Waals surface area contributed by atoms with E-state index in [1.807, 2.05) is 31.1 Å². The van der Waals surface area contributed by atoms with Gasteiger partial charge in [-0.15, -0.1) is 0 Å². The van der Waals surface area contributed by atoms with Crippen molar-refractivity contribution in [3.05, 3.63) is 35.4 Å². The second kappa shape index (κ2) is 3.21. The van der Waals surface area contributed by atoms with Gasteiger partial charge in [0.25, 0.3) is 0 Å². The van der Waals surface area contributed by atoms with E-state index in [1.54, 1.807) is 0 Å². The molecule has 0 aliphatic heterocycles. The van der Waals surface area contributed by atoms with Gasteiger partial charge in [0.15, 0.2) is 0 Å². The predicted molar refractivity (Wildman–Crippen MR) is 56.3 cm³/mol. The van der Waals surface area contributed by atoms with Gasteiger partial charge in [-0.1, -0.05) is 24.3 Å². The lowest BCUT2D eigenvalue weighted by atomic mass is 9.96. The molecular weight excluding hydrogens is 174 g/mol. The fourth-order valence-electron chi connectivity index (χ4n) is 2.13. The summed E-state index contributed by atoms with van der Waals surface area (Å²) < 4.78 is 0. The molecule has 1 aromatic rings. The first-order chi connectivity index (χ1) is 6.68. The molecule has 0 fully saturated rings. The third-order valence-corrected chi connectivity index (χ3v) is 3.22. The monoisotopic (exact) mass is 189 g/mol. The third-order valence-electron chi connectivity index (χ3n) is 3.22. The molecule has 0 atom stereocenters. The number of carbonyl (C=O) groups is 1. The summed E-state index contributed by atoms with van der Waals surface area (Å²) in [6.07, 6.45) is 2.78. The maximum Gasteiger partial charge on any atom is 0.140 e. The highest BCUT2D eigenvalue weighted by atomic mass is 16.1. The zero-order chi connectivity index (χ0) is 10.2. The molecule has 1 aliphatic carbocycles. The summed E-state index contributed by atoms with van der Waals surface area (Å²) in [4.78, 5) is 13.2. The van der Waals surface area contributed by atoms with Crippen molar-refractivity contribution in [2.45, 2.75) is 18.4 Å². The molecule has 0 N–H and O–H groups in total. The van der Waals surface area contributed by atoms with Gasteiger partial charge >= 0.3 is 0 Å². The Hall–Kier alpha value is -1.15. The van der Waals surface area contributed by atoms with Gasteiger partial charge in [0.2, 0.25) is 0 Å². The van der Waals surface area contributed by atoms with Gasteiger partial charge in [-0.25, -0.2) is 0 Å². The number of likely N-dealkylation sites (N-methyl/N-ethyl adjacent to an activating group) is 1. The molecule has 0 saturated carbocycles. The van der Waals surface area contributed by atoms with Crippen molar-refractivity contribution in [1.29, 1.82) is 0 Å². The van der Waals surface area contributed by atoms with E-state index in [0.29, 0.717) is 0 Å². The first kappa shape index (κ1) is 9.41. The average Bonchev–Trinajstić information content (AvgIpc) is 2.57. The molecule has 2 rings (SSSR count). The average molecular weight is 189 g/mol. The van der Waals surface area contributed by atoms with E-state index in [1.165, 1.54) is 11.1 Å². The van der Waals surface area contributed by atoms with Crippen molar-refractivity contribution in [3.8, 4) is 0 Å². The molecule has 1 aliphatic rings. The highest BCUT2D eigenvalue weighted by Gasteiger charge is 2.38. The molecule has 0 amide bonds. The van der Waals surface area contributed by atoms with Gasteiger partial charge < -0.3 is 4.79 Å². The zero-order valence-electron chi connectivity index (χ0n) is 8.66. The predicted octanol–water partition coefficient (Wildman–Crippen LogP) is 1.28. The zero-order valence-corrected chi connectivity index (χ0v) is 8.66. The minimum atomic E-state index is -0.302. The second-order valence-electron chi connectivity index (χ2n) is 4.24. The molecular formula is C12H15NO. The maximum atomic E-state index is 11.2. The van der Waals surface area contributed by atoms with E-state index >= 15 is 0 Å². The summed E-state index contributed by atoms with van der Waals surface area (Å²) in [5.41, 5.74) is 2.32. The van der Waals surface area contributed by atoms with Crippen LogP contribution in [0, 0.1) is 0 Å². The molecule has 0 radical (unpaired) electrons. The fraction of sp³-hybridized carbons (Fsp3) is 0.417. The smallest absolute Gasteiger partial charge is 0.140 e. The van der Waals surface area contributed by atoms with E-state index in [0.717, 1.165) is 19.1 Å².